The Morgan fingerprint density at radius 2 is 0.880 bits per heavy atom. The number of rotatable bonds is 6. The van der Waals surface area contributed by atoms with E-state index in [0.29, 0.717) is 23.7 Å². The summed E-state index contributed by atoms with van der Waals surface area (Å²) in [5.74, 6) is 1.42. The van der Waals surface area contributed by atoms with Crippen molar-refractivity contribution < 1.29 is 0 Å². The standard InChI is InChI=1S/C72H59BN2/c1-38(2)44-26-29-65-54(30-44)55-32-46(40(5)6)35-63-68(55)74(65)70-58(51-28-27-48(43-24-22-42(9)23-25-43)49-16-10-11-17-50(49)51)37-62-71-66(70)73(63)64-36-47(41(7)8)33-57-56-31-45(39(3)4)34-61(67(56)75(71)69(57)64)72(62)59-20-14-12-18-52(59)53-19-13-15-21-60(53)72/h10-41H,1-9H3. The number of benzene rings is 10. The second-order valence-corrected chi connectivity index (χ2v) is 24.0. The Hall–Kier alpha value is -7.88. The summed E-state index contributed by atoms with van der Waals surface area (Å²) in [6.45, 7) is 21.2. The summed E-state index contributed by atoms with van der Waals surface area (Å²) < 4.78 is 5.57. The molecule has 3 heteroatoms. The Kier molecular flexibility index (Phi) is 8.65. The molecule has 0 saturated heterocycles. The van der Waals surface area contributed by atoms with Crippen molar-refractivity contribution in [3.63, 3.8) is 0 Å². The summed E-state index contributed by atoms with van der Waals surface area (Å²) in [5, 5.41) is 8.02. The summed E-state index contributed by atoms with van der Waals surface area (Å²) >= 11 is 0. The number of hydrogen-bond acceptors (Lipinski definition) is 0. The minimum absolute atomic E-state index is 0.0255. The molecule has 10 aromatic carbocycles. The number of hydrogen-bond donors (Lipinski definition) is 0. The summed E-state index contributed by atoms with van der Waals surface area (Å²) in [7, 11) is 0. The number of aromatic nitrogens is 2. The molecule has 5 heterocycles. The number of aryl methyl sites for hydroxylation is 1. The zero-order valence-electron chi connectivity index (χ0n) is 44.4. The van der Waals surface area contributed by atoms with Crippen LogP contribution in [0.4, 0.5) is 0 Å². The first kappa shape index (κ1) is 43.5. The van der Waals surface area contributed by atoms with E-state index >= 15 is 0 Å². The van der Waals surface area contributed by atoms with E-state index in [1.165, 1.54) is 166 Å². The molecule has 0 fully saturated rings. The summed E-state index contributed by atoms with van der Waals surface area (Å²) in [6, 6.07) is 67.9. The average Bonchev–Trinajstić information content (AvgIpc) is 4.26. The minimum atomic E-state index is -0.610. The molecule has 3 aliphatic heterocycles. The molecule has 2 aromatic heterocycles. The predicted molar refractivity (Wildman–Crippen MR) is 320 cm³/mol. The van der Waals surface area contributed by atoms with Crippen LogP contribution in [0, 0.1) is 6.92 Å². The molecule has 1 aliphatic carbocycles. The molecule has 0 N–H and O–H groups in total. The van der Waals surface area contributed by atoms with E-state index in [4.69, 9.17) is 0 Å². The summed E-state index contributed by atoms with van der Waals surface area (Å²) in [6.07, 6.45) is 0. The maximum absolute atomic E-state index is 2.81. The number of fused-ring (bicyclic) bond motifs is 15. The molecule has 75 heavy (non-hydrogen) atoms. The maximum atomic E-state index is 2.81. The lowest BCUT2D eigenvalue weighted by molar-refractivity contribution is 0.744. The number of nitrogens with zero attached hydrogens (tertiary/aromatic N) is 2. The SMILES string of the molecule is Cc1ccc(-c2ccc(-c3cc4c5c6c3-n3c7ccc(C(C)C)cc7c7cc(C(C)C)cc(c73)B6c3cc(C(C)C)cc6c7cc(C(C)C)cc(c7n-5c36)C43c4ccccc4-c4ccccc43)c3ccccc23)cc1. The predicted octanol–water partition coefficient (Wildman–Crippen LogP) is 17.0. The van der Waals surface area contributed by atoms with E-state index < -0.39 is 5.41 Å². The normalized spacial score (nSPS) is 14.2. The van der Waals surface area contributed by atoms with Crippen molar-refractivity contribution in [2.24, 2.45) is 0 Å². The fourth-order valence-corrected chi connectivity index (χ4v) is 15.0. The highest BCUT2D eigenvalue weighted by Gasteiger charge is 2.55. The Labute approximate surface area is 440 Å². The lowest BCUT2D eigenvalue weighted by Gasteiger charge is -2.45. The maximum Gasteiger partial charge on any atom is 0.252 e. The van der Waals surface area contributed by atoms with Crippen LogP contribution >= 0.6 is 0 Å². The van der Waals surface area contributed by atoms with Gasteiger partial charge in [0.1, 0.15) is 0 Å². The third-order valence-corrected chi connectivity index (χ3v) is 18.6. The monoisotopic (exact) mass is 962 g/mol. The van der Waals surface area contributed by atoms with Gasteiger partial charge in [-0.05, 0) is 166 Å². The van der Waals surface area contributed by atoms with Gasteiger partial charge < -0.3 is 9.13 Å². The third kappa shape index (κ3) is 5.37. The van der Waals surface area contributed by atoms with Crippen molar-refractivity contribution in [3.05, 3.63) is 220 Å². The van der Waals surface area contributed by atoms with Gasteiger partial charge in [0, 0.05) is 43.8 Å². The highest BCUT2D eigenvalue weighted by molar-refractivity contribution is 7.00. The van der Waals surface area contributed by atoms with Crippen LogP contribution in [0.1, 0.15) is 129 Å². The third-order valence-electron chi connectivity index (χ3n) is 18.6. The van der Waals surface area contributed by atoms with Crippen LogP contribution < -0.4 is 16.4 Å². The molecule has 0 unspecified atom stereocenters. The van der Waals surface area contributed by atoms with Gasteiger partial charge in [-0.2, -0.15) is 0 Å². The van der Waals surface area contributed by atoms with Gasteiger partial charge in [-0.3, -0.25) is 0 Å². The van der Waals surface area contributed by atoms with Gasteiger partial charge in [0.15, 0.2) is 0 Å². The Bertz CT molecular complexity index is 4500. The van der Waals surface area contributed by atoms with Crippen LogP contribution in [0.3, 0.4) is 0 Å². The topological polar surface area (TPSA) is 9.86 Å². The zero-order valence-corrected chi connectivity index (χ0v) is 44.4. The van der Waals surface area contributed by atoms with E-state index in [1.54, 1.807) is 0 Å². The molecule has 12 aromatic rings. The fraction of sp³-hybridized carbons (Fsp3) is 0.194. The van der Waals surface area contributed by atoms with Crippen LogP contribution in [-0.4, -0.2) is 15.8 Å². The van der Waals surface area contributed by atoms with Crippen molar-refractivity contribution in [3.8, 4) is 44.8 Å². The quantitative estimate of drug-likeness (QED) is 0.147. The molecular formula is C72H59BN2. The first-order valence-electron chi connectivity index (χ1n) is 27.7. The molecule has 0 atom stereocenters. The van der Waals surface area contributed by atoms with E-state index in [2.05, 4.69) is 241 Å². The fourth-order valence-electron chi connectivity index (χ4n) is 15.0. The molecule has 4 aliphatic rings. The zero-order chi connectivity index (χ0) is 50.7. The van der Waals surface area contributed by atoms with Crippen LogP contribution in [0.25, 0.3) is 99.1 Å². The molecule has 0 amide bonds. The van der Waals surface area contributed by atoms with Crippen LogP contribution in [0.5, 0.6) is 0 Å². The second-order valence-electron chi connectivity index (χ2n) is 24.0. The van der Waals surface area contributed by atoms with E-state index in [-0.39, 0.29) is 6.71 Å². The van der Waals surface area contributed by atoms with Gasteiger partial charge in [-0.25, -0.2) is 0 Å². The van der Waals surface area contributed by atoms with Crippen molar-refractivity contribution in [2.75, 3.05) is 0 Å². The lowest BCUT2D eigenvalue weighted by atomic mass is 9.33. The Morgan fingerprint density at radius 1 is 0.360 bits per heavy atom. The molecule has 0 bridgehead atoms. The summed E-state index contributed by atoms with van der Waals surface area (Å²) in [4.78, 5) is 0. The molecular weight excluding hydrogens is 904 g/mol. The Morgan fingerprint density at radius 3 is 1.51 bits per heavy atom. The smallest absolute Gasteiger partial charge is 0.252 e. The van der Waals surface area contributed by atoms with Crippen molar-refractivity contribution in [1.29, 1.82) is 0 Å². The Balaban J connectivity index is 1.19. The molecule has 16 rings (SSSR count). The molecule has 2 nitrogen and oxygen atoms in total. The summed E-state index contributed by atoms with van der Waals surface area (Å²) in [5.41, 5.74) is 31.9. The first-order valence-corrected chi connectivity index (χ1v) is 27.7. The molecule has 0 radical (unpaired) electrons. The lowest BCUT2D eigenvalue weighted by Crippen LogP contribution is -2.61. The van der Waals surface area contributed by atoms with Gasteiger partial charge in [0.05, 0.1) is 22.1 Å². The van der Waals surface area contributed by atoms with E-state index in [9.17, 15) is 0 Å². The van der Waals surface area contributed by atoms with Gasteiger partial charge in [0.25, 0.3) is 6.71 Å². The van der Waals surface area contributed by atoms with Crippen molar-refractivity contribution in [1.82, 2.24) is 9.13 Å². The van der Waals surface area contributed by atoms with Crippen molar-refractivity contribution in [2.45, 2.75) is 91.4 Å². The molecule has 0 saturated carbocycles. The average molecular weight is 963 g/mol. The molecule has 360 valence electrons. The van der Waals surface area contributed by atoms with Crippen LogP contribution in [0.2, 0.25) is 0 Å². The van der Waals surface area contributed by atoms with E-state index in [0.717, 1.165) is 0 Å². The van der Waals surface area contributed by atoms with Gasteiger partial charge >= 0.3 is 0 Å². The second kappa shape index (κ2) is 14.9. The van der Waals surface area contributed by atoms with Crippen molar-refractivity contribution >= 4 is 77.5 Å². The minimum Gasteiger partial charge on any atom is -0.310 e. The first-order chi connectivity index (χ1) is 36.4. The highest BCUT2D eigenvalue weighted by atomic mass is 15.1. The van der Waals surface area contributed by atoms with Gasteiger partial charge in [0.2, 0.25) is 0 Å². The van der Waals surface area contributed by atoms with Gasteiger partial charge in [-0.15, -0.1) is 0 Å². The highest BCUT2D eigenvalue weighted by Crippen LogP contribution is 2.63. The van der Waals surface area contributed by atoms with Gasteiger partial charge in [-0.1, -0.05) is 194 Å². The van der Waals surface area contributed by atoms with E-state index in [1.807, 2.05) is 0 Å². The van der Waals surface area contributed by atoms with Crippen LogP contribution in [0.15, 0.2) is 170 Å². The van der Waals surface area contributed by atoms with Crippen LogP contribution in [-0.2, 0) is 5.41 Å². The largest absolute Gasteiger partial charge is 0.310 e. The molecule has 1 spiro atoms.